The summed E-state index contributed by atoms with van der Waals surface area (Å²) in [5.74, 6) is 0.736. The molecule has 0 amide bonds. The number of rotatable bonds is 4. The smallest absolute Gasteiger partial charge is 0.309 e. The molecule has 1 heterocycles. The minimum atomic E-state index is -1.10. The van der Waals surface area contributed by atoms with Gasteiger partial charge in [0.1, 0.15) is 12.2 Å². The first kappa shape index (κ1) is 32.0. The van der Waals surface area contributed by atoms with E-state index in [4.69, 9.17) is 9.47 Å². The van der Waals surface area contributed by atoms with Crippen LogP contribution in [0, 0.1) is 50.2 Å². The third kappa shape index (κ3) is 4.48. The molecule has 0 radical (unpaired) electrons. The van der Waals surface area contributed by atoms with Crippen LogP contribution in [0.15, 0.2) is 11.6 Å². The Kier molecular flexibility index (Phi) is 7.62. The molecule has 7 nitrogen and oxygen atoms in total. The van der Waals surface area contributed by atoms with Gasteiger partial charge in [0, 0.05) is 6.42 Å². The molecule has 1 aliphatic heterocycles. The molecule has 6 rings (SSSR count). The number of carbonyl (C=O) groups is 1. The number of aliphatic hydroxyl groups excluding tert-OH is 3. The number of carboxylic acids is 1. The summed E-state index contributed by atoms with van der Waals surface area (Å²) in [4.78, 5) is 12.4. The molecule has 6 aliphatic rings. The van der Waals surface area contributed by atoms with E-state index in [9.17, 15) is 25.2 Å². The molecule has 0 aromatic heterocycles. The van der Waals surface area contributed by atoms with Gasteiger partial charge >= 0.3 is 5.97 Å². The number of hydrogen-bond donors (Lipinski definition) is 4. The zero-order valence-electron chi connectivity index (χ0n) is 27.7. The van der Waals surface area contributed by atoms with Gasteiger partial charge in [-0.05, 0) is 116 Å². The summed E-state index contributed by atoms with van der Waals surface area (Å²) in [5, 5.41) is 40.5. The molecule has 0 aromatic rings. The Morgan fingerprint density at radius 1 is 0.953 bits per heavy atom. The van der Waals surface area contributed by atoms with E-state index in [-0.39, 0.29) is 46.2 Å². The molecule has 5 aliphatic carbocycles. The van der Waals surface area contributed by atoms with E-state index in [1.54, 1.807) is 5.57 Å². The van der Waals surface area contributed by atoms with Gasteiger partial charge in [-0.1, -0.05) is 53.2 Å². The van der Waals surface area contributed by atoms with Crippen LogP contribution in [0.1, 0.15) is 119 Å². The van der Waals surface area contributed by atoms with Gasteiger partial charge in [0.05, 0.1) is 24.2 Å². The maximum atomic E-state index is 12.4. The van der Waals surface area contributed by atoms with Crippen LogP contribution in [0.3, 0.4) is 0 Å². The minimum Gasteiger partial charge on any atom is -0.481 e. The summed E-state index contributed by atoms with van der Waals surface area (Å²) in [5.41, 5.74) is 1.43. The van der Waals surface area contributed by atoms with Gasteiger partial charge in [-0.2, -0.15) is 0 Å². The number of allylic oxidation sites excluding steroid dienone is 2. The number of fused-ring (bicyclic) bond motifs is 7. The Bertz CT molecular complexity index is 1150. The van der Waals surface area contributed by atoms with Gasteiger partial charge in [-0.3, -0.25) is 4.79 Å². The predicted molar refractivity (Wildman–Crippen MR) is 164 cm³/mol. The van der Waals surface area contributed by atoms with Crippen molar-refractivity contribution in [2.24, 2.45) is 50.2 Å². The van der Waals surface area contributed by atoms with Gasteiger partial charge in [-0.25, -0.2) is 0 Å². The van der Waals surface area contributed by atoms with Gasteiger partial charge in [0.2, 0.25) is 0 Å². The molecule has 1 saturated heterocycles. The zero-order valence-corrected chi connectivity index (χ0v) is 27.7. The molecule has 244 valence electrons. The number of aliphatic carboxylic acids is 1. The molecule has 13 atom stereocenters. The minimum absolute atomic E-state index is 0.0293. The van der Waals surface area contributed by atoms with E-state index >= 15 is 0 Å². The SMILES string of the molecule is CC1(C)[C@@H](O[C@@H]2C[C@H](O)[C@@H](O)[C@@H](CO)O2)CC[C@]2(C)[C@H]3CC=C4[C@@H]5C[C@@](C)(C(=O)O)CC[C@]5(C)CC[C@@]4(C)[C@]3(C)CC[C@@H]12. The molecule has 7 heteroatoms. The van der Waals surface area contributed by atoms with Crippen LogP contribution in [0.25, 0.3) is 0 Å². The summed E-state index contributed by atoms with van der Waals surface area (Å²) in [7, 11) is 0. The largest absolute Gasteiger partial charge is 0.481 e. The average molecular weight is 603 g/mol. The Balaban J connectivity index is 1.27. The Hall–Kier alpha value is -0.990. The molecule has 5 fully saturated rings. The summed E-state index contributed by atoms with van der Waals surface area (Å²) in [6, 6.07) is 0. The van der Waals surface area contributed by atoms with Crippen LogP contribution in [-0.4, -0.2) is 63.7 Å². The van der Waals surface area contributed by atoms with Crippen molar-refractivity contribution in [3.05, 3.63) is 11.6 Å². The van der Waals surface area contributed by atoms with Crippen molar-refractivity contribution in [1.82, 2.24) is 0 Å². The predicted octanol–water partition coefficient (Wildman–Crippen LogP) is 6.09. The van der Waals surface area contributed by atoms with Crippen LogP contribution < -0.4 is 0 Å². The zero-order chi connectivity index (χ0) is 31.4. The van der Waals surface area contributed by atoms with Gasteiger partial charge in [0.25, 0.3) is 0 Å². The van der Waals surface area contributed by atoms with Gasteiger partial charge in [-0.15, -0.1) is 0 Å². The number of carboxylic acid groups (broad SMARTS) is 1. The lowest BCUT2D eigenvalue weighted by Crippen LogP contribution is -2.65. The number of ether oxygens (including phenoxy) is 2. The highest BCUT2D eigenvalue weighted by Gasteiger charge is 2.68. The molecule has 0 aromatic carbocycles. The topological polar surface area (TPSA) is 116 Å². The quantitative estimate of drug-likeness (QED) is 0.227. The van der Waals surface area contributed by atoms with E-state index in [1.165, 1.54) is 19.3 Å². The molecule has 4 N–H and O–H groups in total. The maximum absolute atomic E-state index is 12.4. The lowest BCUT2D eigenvalue weighted by molar-refractivity contribution is -0.297. The average Bonchev–Trinajstić information content (AvgIpc) is 2.93. The van der Waals surface area contributed by atoms with Crippen LogP contribution in [0.5, 0.6) is 0 Å². The highest BCUT2D eigenvalue weighted by atomic mass is 16.7. The fourth-order valence-electron chi connectivity index (χ4n) is 12.1. The highest BCUT2D eigenvalue weighted by molar-refractivity contribution is 5.74. The van der Waals surface area contributed by atoms with Crippen LogP contribution in [0.4, 0.5) is 0 Å². The van der Waals surface area contributed by atoms with E-state index < -0.39 is 36.0 Å². The van der Waals surface area contributed by atoms with Gasteiger partial charge < -0.3 is 29.9 Å². The first-order valence-corrected chi connectivity index (χ1v) is 17.2. The van der Waals surface area contributed by atoms with Crippen molar-refractivity contribution in [2.75, 3.05) is 6.61 Å². The Morgan fingerprint density at radius 3 is 2.33 bits per heavy atom. The fraction of sp³-hybridized carbons (Fsp3) is 0.917. The first-order chi connectivity index (χ1) is 19.9. The molecule has 4 saturated carbocycles. The third-order valence-electron chi connectivity index (χ3n) is 15.3. The van der Waals surface area contributed by atoms with Crippen molar-refractivity contribution < 1.29 is 34.7 Å². The second-order valence-corrected chi connectivity index (χ2v) is 17.6. The van der Waals surface area contributed by atoms with E-state index in [0.717, 1.165) is 44.9 Å². The van der Waals surface area contributed by atoms with Crippen LogP contribution >= 0.6 is 0 Å². The Labute approximate surface area is 258 Å². The summed E-state index contributed by atoms with van der Waals surface area (Å²) in [6.07, 6.45) is 9.53. The van der Waals surface area contributed by atoms with E-state index in [2.05, 4.69) is 47.6 Å². The van der Waals surface area contributed by atoms with E-state index in [0.29, 0.717) is 17.8 Å². The second kappa shape index (κ2) is 10.3. The second-order valence-electron chi connectivity index (χ2n) is 17.6. The molecule has 0 bridgehead atoms. The number of aliphatic hydroxyl groups is 3. The molecule has 0 unspecified atom stereocenters. The molecular formula is C36H58O7. The fourth-order valence-corrected chi connectivity index (χ4v) is 12.1. The van der Waals surface area contributed by atoms with Crippen molar-refractivity contribution in [2.45, 2.75) is 150 Å². The van der Waals surface area contributed by atoms with Crippen LogP contribution in [0.2, 0.25) is 0 Å². The number of hydrogen-bond acceptors (Lipinski definition) is 6. The van der Waals surface area contributed by atoms with Crippen LogP contribution in [-0.2, 0) is 14.3 Å². The highest BCUT2D eigenvalue weighted by Crippen LogP contribution is 2.75. The lowest BCUT2D eigenvalue weighted by Gasteiger charge is -2.71. The summed E-state index contributed by atoms with van der Waals surface area (Å²) < 4.78 is 12.5. The molecule has 0 spiro atoms. The van der Waals surface area contributed by atoms with Gasteiger partial charge in [0.15, 0.2) is 6.29 Å². The van der Waals surface area contributed by atoms with Crippen molar-refractivity contribution in [3.63, 3.8) is 0 Å². The summed E-state index contributed by atoms with van der Waals surface area (Å²) >= 11 is 0. The normalized spacial score (nSPS) is 54.3. The van der Waals surface area contributed by atoms with Crippen molar-refractivity contribution in [3.8, 4) is 0 Å². The standard InChI is InChI=1S/C36H58O7/c1-31(2)25-10-13-36(7)26(34(25,5)12-11-27(31)43-28-18-23(38)29(39)24(20-37)42-28)9-8-21-22-19-33(4,30(40)41)15-14-32(22,3)16-17-35(21,36)6/h8,22-29,37-39H,9-20H2,1-7H3,(H,40,41)/t22-,23-,24+,25-,26+,27-,28+,29+,32+,33-,34-,35+,36+/m0/s1. The van der Waals surface area contributed by atoms with Crippen molar-refractivity contribution >= 4 is 5.97 Å². The Morgan fingerprint density at radius 2 is 1.65 bits per heavy atom. The van der Waals surface area contributed by atoms with E-state index in [1.807, 2.05) is 6.92 Å². The monoisotopic (exact) mass is 602 g/mol. The maximum Gasteiger partial charge on any atom is 0.309 e. The summed E-state index contributed by atoms with van der Waals surface area (Å²) in [6.45, 7) is 16.5. The molecular weight excluding hydrogens is 544 g/mol. The first-order valence-electron chi connectivity index (χ1n) is 17.2. The van der Waals surface area contributed by atoms with Crippen molar-refractivity contribution in [1.29, 1.82) is 0 Å². The molecule has 43 heavy (non-hydrogen) atoms. The lowest BCUT2D eigenvalue weighted by atomic mass is 9.33. The third-order valence-corrected chi connectivity index (χ3v) is 15.3.